The summed E-state index contributed by atoms with van der Waals surface area (Å²) < 4.78 is 27.3. The second-order valence-corrected chi connectivity index (χ2v) is 10.1. The predicted molar refractivity (Wildman–Crippen MR) is 115 cm³/mol. The zero-order chi connectivity index (χ0) is 21.5. The monoisotopic (exact) mass is 495 g/mol. The Morgan fingerprint density at radius 3 is 2.17 bits per heavy atom. The highest BCUT2D eigenvalue weighted by atomic mass is 35.5. The third-order valence-electron chi connectivity index (χ3n) is 4.66. The topological polar surface area (TPSA) is 70.6 Å². The van der Waals surface area contributed by atoms with E-state index in [1.54, 1.807) is 19.1 Å². The molecule has 1 aromatic heterocycles. The lowest BCUT2D eigenvalue weighted by molar-refractivity contribution is 0.0692. The Hall–Kier alpha value is -1.09. The number of aryl methyl sites for hydroxylation is 2. The molecule has 0 radical (unpaired) electrons. The van der Waals surface area contributed by atoms with E-state index in [-0.39, 0.29) is 57.0 Å². The lowest BCUT2D eigenvalue weighted by Gasteiger charge is -2.34. The molecule has 0 aliphatic carbocycles. The van der Waals surface area contributed by atoms with E-state index in [9.17, 15) is 13.2 Å². The third-order valence-corrected chi connectivity index (χ3v) is 8.40. The van der Waals surface area contributed by atoms with E-state index in [4.69, 9.17) is 46.4 Å². The Balaban J connectivity index is 1.78. The SMILES string of the molecule is Cc1ccc(S(=O)(=O)N2CCN(C(=O)c3nc(Cl)c(Cl)c(Cl)c3Cl)CC2)c(C)c1. The molecule has 0 N–H and O–H groups in total. The number of aromatic nitrogens is 1. The Morgan fingerprint density at radius 2 is 1.59 bits per heavy atom. The predicted octanol–water partition coefficient (Wildman–Crippen LogP) is 4.46. The van der Waals surface area contributed by atoms with Gasteiger partial charge in [-0.1, -0.05) is 64.1 Å². The van der Waals surface area contributed by atoms with Gasteiger partial charge in [-0.25, -0.2) is 13.4 Å². The Bertz CT molecular complexity index is 1080. The average Bonchev–Trinajstić information content (AvgIpc) is 2.68. The number of carbonyl (C=O) groups is 1. The van der Waals surface area contributed by atoms with Gasteiger partial charge >= 0.3 is 0 Å². The number of rotatable bonds is 3. The van der Waals surface area contributed by atoms with Gasteiger partial charge in [-0.2, -0.15) is 4.31 Å². The number of carbonyl (C=O) groups excluding carboxylic acids is 1. The molecule has 0 bridgehead atoms. The summed E-state index contributed by atoms with van der Waals surface area (Å²) in [5.74, 6) is -0.487. The van der Waals surface area contributed by atoms with E-state index in [0.717, 1.165) is 5.56 Å². The maximum atomic E-state index is 13.0. The van der Waals surface area contributed by atoms with Gasteiger partial charge in [-0.15, -0.1) is 0 Å². The minimum absolute atomic E-state index is 0.0285. The van der Waals surface area contributed by atoms with Crippen LogP contribution < -0.4 is 0 Å². The number of benzene rings is 1. The van der Waals surface area contributed by atoms with Crippen molar-refractivity contribution in [1.29, 1.82) is 0 Å². The first-order valence-corrected chi connectivity index (χ1v) is 11.6. The van der Waals surface area contributed by atoms with Crippen LogP contribution in [0, 0.1) is 13.8 Å². The molecule has 1 aliphatic heterocycles. The molecule has 2 heterocycles. The molecule has 0 unspecified atom stereocenters. The van der Waals surface area contributed by atoms with E-state index in [1.165, 1.54) is 9.21 Å². The molecule has 2 aromatic rings. The average molecular weight is 497 g/mol. The van der Waals surface area contributed by atoms with E-state index in [0.29, 0.717) is 5.56 Å². The van der Waals surface area contributed by atoms with E-state index in [1.807, 2.05) is 13.0 Å². The summed E-state index contributed by atoms with van der Waals surface area (Å²) in [6, 6.07) is 5.20. The van der Waals surface area contributed by atoms with E-state index in [2.05, 4.69) is 4.98 Å². The first-order chi connectivity index (χ1) is 13.5. The van der Waals surface area contributed by atoms with Crippen molar-refractivity contribution in [3.63, 3.8) is 0 Å². The number of amides is 1. The van der Waals surface area contributed by atoms with Crippen LogP contribution in [0.25, 0.3) is 0 Å². The highest BCUT2D eigenvalue weighted by Gasteiger charge is 2.33. The Labute approximate surface area is 189 Å². The van der Waals surface area contributed by atoms with Crippen molar-refractivity contribution < 1.29 is 13.2 Å². The van der Waals surface area contributed by atoms with Crippen molar-refractivity contribution in [2.45, 2.75) is 18.7 Å². The molecule has 6 nitrogen and oxygen atoms in total. The minimum Gasteiger partial charge on any atom is -0.335 e. The zero-order valence-corrected chi connectivity index (χ0v) is 19.4. The van der Waals surface area contributed by atoms with Crippen LogP contribution in [0.2, 0.25) is 20.2 Å². The number of pyridine rings is 1. The maximum absolute atomic E-state index is 13.0. The number of sulfonamides is 1. The highest BCUT2D eigenvalue weighted by molar-refractivity contribution is 7.89. The molecule has 156 valence electrons. The van der Waals surface area contributed by atoms with Crippen LogP contribution >= 0.6 is 46.4 Å². The quantitative estimate of drug-likeness (QED) is 0.588. The minimum atomic E-state index is -3.66. The first-order valence-electron chi connectivity index (χ1n) is 8.60. The molecule has 3 rings (SSSR count). The lowest BCUT2D eigenvalue weighted by atomic mass is 10.2. The van der Waals surface area contributed by atoms with Crippen LogP contribution in [0.15, 0.2) is 23.1 Å². The number of hydrogen-bond acceptors (Lipinski definition) is 4. The fourth-order valence-electron chi connectivity index (χ4n) is 3.14. The Morgan fingerprint density at radius 1 is 0.966 bits per heavy atom. The number of halogens is 4. The summed E-state index contributed by atoms with van der Waals surface area (Å²) >= 11 is 23.9. The van der Waals surface area contributed by atoms with Crippen molar-refractivity contribution >= 4 is 62.3 Å². The van der Waals surface area contributed by atoms with Gasteiger partial charge < -0.3 is 4.90 Å². The highest BCUT2D eigenvalue weighted by Crippen LogP contribution is 2.36. The fourth-order valence-corrected chi connectivity index (χ4v) is 5.58. The van der Waals surface area contributed by atoms with Gasteiger partial charge in [-0.3, -0.25) is 4.79 Å². The number of nitrogens with zero attached hydrogens (tertiary/aromatic N) is 3. The standard InChI is InChI=1S/C18H17Cl4N3O3S/c1-10-3-4-12(11(2)9-10)29(27,28)25-7-5-24(6-8-25)18(26)16-14(20)13(19)15(21)17(22)23-16/h3-4,9H,5-8H2,1-2H3. The summed E-state index contributed by atoms with van der Waals surface area (Å²) in [4.78, 5) is 18.5. The molecular weight excluding hydrogens is 480 g/mol. The van der Waals surface area contributed by atoms with Gasteiger partial charge in [0.05, 0.1) is 20.0 Å². The molecular formula is C18H17Cl4N3O3S. The van der Waals surface area contributed by atoms with Gasteiger partial charge in [0.15, 0.2) is 0 Å². The molecule has 1 saturated heterocycles. The van der Waals surface area contributed by atoms with Gasteiger partial charge in [-0.05, 0) is 25.5 Å². The number of piperazine rings is 1. The van der Waals surface area contributed by atoms with Gasteiger partial charge in [0.25, 0.3) is 5.91 Å². The van der Waals surface area contributed by atoms with Crippen LogP contribution in [0.4, 0.5) is 0 Å². The summed E-state index contributed by atoms with van der Waals surface area (Å²) in [6.45, 7) is 4.32. The summed E-state index contributed by atoms with van der Waals surface area (Å²) in [7, 11) is -3.66. The van der Waals surface area contributed by atoms with Crippen LogP contribution in [0.5, 0.6) is 0 Å². The van der Waals surface area contributed by atoms with Gasteiger partial charge in [0.2, 0.25) is 10.0 Å². The largest absolute Gasteiger partial charge is 0.335 e. The first kappa shape index (κ1) is 22.6. The third kappa shape index (κ3) is 4.36. The molecule has 0 saturated carbocycles. The summed E-state index contributed by atoms with van der Waals surface area (Å²) in [6.07, 6.45) is 0. The van der Waals surface area contributed by atoms with Crippen LogP contribution in [-0.4, -0.2) is 54.7 Å². The molecule has 0 spiro atoms. The van der Waals surface area contributed by atoms with Crippen LogP contribution in [0.1, 0.15) is 21.6 Å². The van der Waals surface area contributed by atoms with Crippen molar-refractivity contribution in [3.05, 3.63) is 55.2 Å². The van der Waals surface area contributed by atoms with Crippen LogP contribution in [-0.2, 0) is 10.0 Å². The molecule has 1 aromatic carbocycles. The van der Waals surface area contributed by atoms with Crippen molar-refractivity contribution in [1.82, 2.24) is 14.2 Å². The second kappa shape index (κ2) is 8.57. The van der Waals surface area contributed by atoms with Gasteiger partial charge in [0.1, 0.15) is 10.8 Å². The van der Waals surface area contributed by atoms with Crippen molar-refractivity contribution in [2.24, 2.45) is 0 Å². The molecule has 29 heavy (non-hydrogen) atoms. The fraction of sp³-hybridized carbons (Fsp3) is 0.333. The molecule has 11 heteroatoms. The van der Waals surface area contributed by atoms with Gasteiger partial charge in [0, 0.05) is 26.2 Å². The lowest BCUT2D eigenvalue weighted by Crippen LogP contribution is -2.50. The summed E-state index contributed by atoms with van der Waals surface area (Å²) in [5, 5.41) is -0.288. The smallest absolute Gasteiger partial charge is 0.274 e. The second-order valence-electron chi connectivity index (χ2n) is 6.66. The molecule has 1 fully saturated rings. The van der Waals surface area contributed by atoms with E-state index >= 15 is 0 Å². The maximum Gasteiger partial charge on any atom is 0.274 e. The van der Waals surface area contributed by atoms with Crippen LogP contribution in [0.3, 0.4) is 0 Å². The van der Waals surface area contributed by atoms with Crippen molar-refractivity contribution in [3.8, 4) is 0 Å². The Kier molecular flexibility index (Phi) is 6.68. The zero-order valence-electron chi connectivity index (χ0n) is 15.5. The number of hydrogen-bond donors (Lipinski definition) is 0. The van der Waals surface area contributed by atoms with E-state index < -0.39 is 15.9 Å². The molecule has 1 amide bonds. The molecule has 0 atom stereocenters. The molecule has 1 aliphatic rings. The van der Waals surface area contributed by atoms with Crippen molar-refractivity contribution in [2.75, 3.05) is 26.2 Å². The summed E-state index contributed by atoms with van der Waals surface area (Å²) in [5.41, 5.74) is 1.56. The normalized spacial score (nSPS) is 15.6.